The first kappa shape index (κ1) is 76.2. The van der Waals surface area contributed by atoms with Crippen molar-refractivity contribution < 1.29 is 47.7 Å². The molecule has 468 valence electrons. The minimum Gasteiger partial charge on any atom is -0.466 e. The van der Waals surface area contributed by atoms with Crippen molar-refractivity contribution in [2.24, 2.45) is 0 Å². The Morgan fingerprint density at radius 3 is 0.800 bits per heavy atom. The highest BCUT2D eigenvalue weighted by Gasteiger charge is 2.33. The Kier molecular flexibility index (Phi) is 54.8. The minimum atomic E-state index is -0.649. The first-order chi connectivity index (χ1) is 39.1. The van der Waals surface area contributed by atoms with E-state index in [1.54, 1.807) is 21.6 Å². The van der Waals surface area contributed by atoms with Crippen LogP contribution in [0.15, 0.2) is 0 Å². The van der Waals surface area contributed by atoms with E-state index < -0.39 is 12.1 Å². The molecule has 1 rings (SSSR count). The van der Waals surface area contributed by atoms with Crippen LogP contribution < -0.4 is 10.6 Å². The summed E-state index contributed by atoms with van der Waals surface area (Å²) < 4.78 is 22.2. The summed E-state index contributed by atoms with van der Waals surface area (Å²) in [7, 11) is 6.23. The molecule has 0 bridgehead atoms. The lowest BCUT2D eigenvalue weighted by molar-refractivity contribution is -0.146. The van der Waals surface area contributed by atoms with Crippen molar-refractivity contribution in [1.82, 2.24) is 20.4 Å². The first-order valence-electron chi connectivity index (χ1n) is 32.3. The molecule has 0 aromatic carbocycles. The third-order valence-electron chi connectivity index (χ3n) is 14.5. The maximum absolute atomic E-state index is 13.2. The highest BCUT2D eigenvalue weighted by molar-refractivity contribution is 8.77. The van der Waals surface area contributed by atoms with Crippen molar-refractivity contribution in [3.63, 3.8) is 0 Å². The predicted molar refractivity (Wildman–Crippen MR) is 339 cm³/mol. The molecule has 0 aliphatic carbocycles. The molecule has 1 saturated heterocycles. The molecule has 18 heteroatoms. The van der Waals surface area contributed by atoms with Crippen LogP contribution in [0.2, 0.25) is 0 Å². The summed E-state index contributed by atoms with van der Waals surface area (Å²) >= 11 is 0. The SMILES string of the molecule is CCCCCCCCCCOC(=O)CCN(CCSSCC1NC(=O)C(CSSCCN(CCC(=O)OCCCCCCCCCC)CCC(=O)OCCCCCCCCCC)NC1=O)CCC(=O)OCCCCCCCCCC. The number of rotatable bonds is 60. The van der Waals surface area contributed by atoms with Gasteiger partial charge in [-0.15, -0.1) is 0 Å². The van der Waals surface area contributed by atoms with Gasteiger partial charge in [0.05, 0.1) is 52.1 Å². The lowest BCUT2D eigenvalue weighted by Gasteiger charge is -2.29. The molecular formula is C62H116N4O10S4. The third-order valence-corrected chi connectivity index (χ3v) is 19.2. The molecule has 1 aliphatic heterocycles. The van der Waals surface area contributed by atoms with Gasteiger partial charge in [0.25, 0.3) is 0 Å². The van der Waals surface area contributed by atoms with Crippen LogP contribution in [0, 0.1) is 0 Å². The second-order valence-corrected chi connectivity index (χ2v) is 27.1. The zero-order valence-corrected chi connectivity index (χ0v) is 54.4. The smallest absolute Gasteiger partial charge is 0.307 e. The van der Waals surface area contributed by atoms with E-state index in [-0.39, 0.29) is 61.4 Å². The molecule has 14 nitrogen and oxygen atoms in total. The van der Waals surface area contributed by atoms with E-state index in [9.17, 15) is 28.8 Å². The molecule has 1 heterocycles. The molecular weight excluding hydrogens is 1090 g/mol. The van der Waals surface area contributed by atoms with E-state index >= 15 is 0 Å². The van der Waals surface area contributed by atoms with Crippen LogP contribution in [-0.4, -0.2) is 146 Å². The normalized spacial score (nSPS) is 14.4. The van der Waals surface area contributed by atoms with Crippen molar-refractivity contribution in [3.8, 4) is 0 Å². The number of esters is 4. The Labute approximate surface area is 503 Å². The molecule has 0 aromatic rings. The minimum absolute atomic E-state index is 0.208. The number of hydrogen-bond donors (Lipinski definition) is 2. The van der Waals surface area contributed by atoms with Gasteiger partial charge in [0, 0.05) is 62.3 Å². The standard InChI is InChI=1S/C62H116N4O10S4/c1-5-9-13-17-21-25-29-33-47-73-57(67)37-41-65(42-38-58(68)74-48-34-30-26-22-18-14-10-6-2)45-51-77-79-53-55-61(71)64-56(62(72)63-55)54-80-78-52-46-66(43-39-59(69)75-49-35-31-27-23-19-15-11-7-3)44-40-60(70)76-50-36-32-28-24-20-16-12-8-4/h55-56H,5-54H2,1-4H3,(H,63,72)(H,64,71). The number of piperazine rings is 1. The number of unbranched alkanes of at least 4 members (excludes halogenated alkanes) is 28. The molecule has 2 N–H and O–H groups in total. The van der Waals surface area contributed by atoms with Crippen molar-refractivity contribution >= 4 is 78.9 Å². The van der Waals surface area contributed by atoms with Crippen LogP contribution in [0.1, 0.15) is 259 Å². The molecule has 0 aromatic heterocycles. The number of carbonyl (C=O) groups excluding carboxylic acids is 6. The van der Waals surface area contributed by atoms with Gasteiger partial charge in [0.1, 0.15) is 12.1 Å². The van der Waals surface area contributed by atoms with E-state index in [0.29, 0.717) is 88.7 Å². The van der Waals surface area contributed by atoms with Crippen LogP contribution in [0.25, 0.3) is 0 Å². The second-order valence-electron chi connectivity index (χ2n) is 21.8. The van der Waals surface area contributed by atoms with Gasteiger partial charge >= 0.3 is 23.9 Å². The van der Waals surface area contributed by atoms with Gasteiger partial charge in [-0.2, -0.15) is 0 Å². The summed E-state index contributed by atoms with van der Waals surface area (Å²) in [6.45, 7) is 13.9. The first-order valence-corrected chi connectivity index (χ1v) is 37.3. The van der Waals surface area contributed by atoms with Gasteiger partial charge in [0.15, 0.2) is 0 Å². The largest absolute Gasteiger partial charge is 0.466 e. The maximum Gasteiger partial charge on any atom is 0.307 e. The van der Waals surface area contributed by atoms with E-state index in [0.717, 1.165) is 51.4 Å². The zero-order valence-electron chi connectivity index (χ0n) is 51.1. The number of nitrogens with one attached hydrogen (secondary N) is 2. The summed E-state index contributed by atoms with van der Waals surface area (Å²) in [6, 6.07) is -1.30. The fraction of sp³-hybridized carbons (Fsp3) is 0.903. The number of carbonyl (C=O) groups is 6. The Morgan fingerprint density at radius 1 is 0.338 bits per heavy atom. The van der Waals surface area contributed by atoms with Crippen LogP contribution in [0.4, 0.5) is 0 Å². The van der Waals surface area contributed by atoms with Gasteiger partial charge < -0.3 is 39.4 Å². The van der Waals surface area contributed by atoms with Crippen molar-refractivity contribution in [2.45, 2.75) is 271 Å². The molecule has 1 aliphatic rings. The molecule has 1 fully saturated rings. The Bertz CT molecular complexity index is 1340. The zero-order chi connectivity index (χ0) is 58.2. The Balaban J connectivity index is 2.54. The molecule has 0 radical (unpaired) electrons. The lowest BCUT2D eigenvalue weighted by atomic mass is 10.1. The quantitative estimate of drug-likeness (QED) is 0.0255. The molecule has 0 saturated carbocycles. The Hall–Kier alpha value is -1.86. The third kappa shape index (κ3) is 48.5. The average Bonchev–Trinajstić information content (AvgIpc) is 3.45. The number of amides is 2. The van der Waals surface area contributed by atoms with Crippen LogP contribution in [0.3, 0.4) is 0 Å². The van der Waals surface area contributed by atoms with E-state index in [1.165, 1.54) is 176 Å². The summed E-state index contributed by atoms with van der Waals surface area (Å²) in [5, 5.41) is 5.84. The van der Waals surface area contributed by atoms with E-state index in [1.807, 2.05) is 0 Å². The Morgan fingerprint density at radius 2 is 0.562 bits per heavy atom. The van der Waals surface area contributed by atoms with Gasteiger partial charge in [-0.1, -0.05) is 251 Å². The summed E-state index contributed by atoms with van der Waals surface area (Å²) in [6.07, 6.45) is 38.8. The molecule has 2 atom stereocenters. The van der Waals surface area contributed by atoms with Crippen molar-refractivity contribution in [1.29, 1.82) is 0 Å². The van der Waals surface area contributed by atoms with Gasteiger partial charge in [-0.3, -0.25) is 28.8 Å². The molecule has 2 unspecified atom stereocenters. The fourth-order valence-corrected chi connectivity index (χ4v) is 13.6. The van der Waals surface area contributed by atoms with Crippen molar-refractivity contribution in [3.05, 3.63) is 0 Å². The fourth-order valence-electron chi connectivity index (χ4n) is 9.24. The van der Waals surface area contributed by atoms with Gasteiger partial charge in [-0.25, -0.2) is 0 Å². The van der Waals surface area contributed by atoms with Gasteiger partial charge in [-0.05, 0) is 25.7 Å². The van der Waals surface area contributed by atoms with Crippen LogP contribution in [-0.2, 0) is 47.7 Å². The predicted octanol–water partition coefficient (Wildman–Crippen LogP) is 14.6. The van der Waals surface area contributed by atoms with Crippen LogP contribution in [0.5, 0.6) is 0 Å². The second kappa shape index (κ2) is 57.6. The average molecular weight is 1210 g/mol. The summed E-state index contributed by atoms with van der Waals surface area (Å²) in [5.41, 5.74) is 0. The summed E-state index contributed by atoms with van der Waals surface area (Å²) in [4.78, 5) is 81.4. The highest BCUT2D eigenvalue weighted by Crippen LogP contribution is 2.26. The number of nitrogens with zero attached hydrogens (tertiary/aromatic N) is 2. The highest BCUT2D eigenvalue weighted by atomic mass is 33.1. The molecule has 80 heavy (non-hydrogen) atoms. The maximum atomic E-state index is 13.2. The molecule has 2 amide bonds. The lowest BCUT2D eigenvalue weighted by Crippen LogP contribution is -2.63. The van der Waals surface area contributed by atoms with E-state index in [4.69, 9.17) is 18.9 Å². The summed E-state index contributed by atoms with van der Waals surface area (Å²) in [5.74, 6) is 0.922. The molecule has 0 spiro atoms. The van der Waals surface area contributed by atoms with Crippen LogP contribution >= 0.6 is 43.2 Å². The monoisotopic (exact) mass is 1200 g/mol. The van der Waals surface area contributed by atoms with Crippen molar-refractivity contribution in [2.75, 3.05) is 88.7 Å². The van der Waals surface area contributed by atoms with E-state index in [2.05, 4.69) is 48.1 Å². The number of hydrogen-bond acceptors (Lipinski definition) is 16. The number of ether oxygens (including phenoxy) is 4. The van der Waals surface area contributed by atoms with Gasteiger partial charge in [0.2, 0.25) is 11.8 Å². The topological polar surface area (TPSA) is 170 Å².